The molecule has 1 aliphatic rings. The van der Waals surface area contributed by atoms with E-state index in [0.29, 0.717) is 4.75 Å². The van der Waals surface area contributed by atoms with E-state index in [9.17, 15) is 0 Å². The van der Waals surface area contributed by atoms with Gasteiger partial charge in [0.1, 0.15) is 0 Å². The van der Waals surface area contributed by atoms with E-state index >= 15 is 0 Å². The molecule has 0 radical (unpaired) electrons. The molecular weight excluding hydrogens is 198 g/mol. The summed E-state index contributed by atoms with van der Waals surface area (Å²) in [5.41, 5.74) is 0. The molecule has 0 aliphatic carbocycles. The average molecular weight is 213 g/mol. The number of hydrogen-bond acceptors (Lipinski definition) is 5. The predicted octanol–water partition coefficient (Wildman–Crippen LogP) is 0.908. The minimum absolute atomic E-state index is 0.353. The van der Waals surface area contributed by atoms with Crippen molar-refractivity contribution in [2.45, 2.75) is 24.5 Å². The van der Waals surface area contributed by atoms with Crippen molar-refractivity contribution in [3.8, 4) is 0 Å². The average Bonchev–Trinajstić information content (AvgIpc) is 2.73. The van der Waals surface area contributed by atoms with Gasteiger partial charge >= 0.3 is 0 Å². The fraction of sp³-hybridized carbons (Fsp3) is 0.875. The maximum absolute atomic E-state index is 3.89. The molecule has 2 rings (SSSR count). The van der Waals surface area contributed by atoms with Crippen LogP contribution in [0.3, 0.4) is 0 Å². The first-order valence-electron chi connectivity index (χ1n) is 4.80. The summed E-state index contributed by atoms with van der Waals surface area (Å²) < 4.78 is 2.01. The van der Waals surface area contributed by atoms with E-state index in [4.69, 9.17) is 0 Å². The van der Waals surface area contributed by atoms with Crippen molar-refractivity contribution in [1.82, 2.24) is 20.2 Å². The Hall–Kier alpha value is -0.780. The summed E-state index contributed by atoms with van der Waals surface area (Å²) in [4.78, 5) is 0. The third kappa shape index (κ3) is 2.00. The van der Waals surface area contributed by atoms with Crippen LogP contribution in [0.2, 0.25) is 0 Å². The molecular formula is C8H15N5S. The van der Waals surface area contributed by atoms with Crippen LogP contribution in [-0.2, 0) is 7.05 Å². The summed E-state index contributed by atoms with van der Waals surface area (Å²) >= 11 is 2.03. The van der Waals surface area contributed by atoms with Crippen LogP contribution in [0.25, 0.3) is 0 Å². The summed E-state index contributed by atoms with van der Waals surface area (Å²) in [7, 11) is 1.84. The molecule has 0 amide bonds. The molecule has 1 unspecified atom stereocenters. The molecule has 1 N–H and O–H groups in total. The van der Waals surface area contributed by atoms with Crippen molar-refractivity contribution in [1.29, 1.82) is 0 Å². The molecule has 1 saturated heterocycles. The molecule has 5 nitrogen and oxygen atoms in total. The molecule has 78 valence electrons. The van der Waals surface area contributed by atoms with Gasteiger partial charge in [0.2, 0.25) is 5.95 Å². The van der Waals surface area contributed by atoms with E-state index in [1.54, 1.807) is 4.68 Å². The van der Waals surface area contributed by atoms with Crippen LogP contribution in [0.1, 0.15) is 19.8 Å². The Morgan fingerprint density at radius 1 is 1.64 bits per heavy atom. The highest BCUT2D eigenvalue weighted by Gasteiger charge is 2.29. The fourth-order valence-electron chi connectivity index (χ4n) is 1.62. The smallest absolute Gasteiger partial charge is 0.242 e. The van der Waals surface area contributed by atoms with Crippen molar-refractivity contribution in [2.24, 2.45) is 7.05 Å². The van der Waals surface area contributed by atoms with E-state index in [1.165, 1.54) is 18.6 Å². The van der Waals surface area contributed by atoms with E-state index < -0.39 is 0 Å². The van der Waals surface area contributed by atoms with Crippen LogP contribution in [0.4, 0.5) is 5.95 Å². The molecule has 14 heavy (non-hydrogen) atoms. The Morgan fingerprint density at radius 3 is 3.07 bits per heavy atom. The van der Waals surface area contributed by atoms with E-state index in [-0.39, 0.29) is 0 Å². The van der Waals surface area contributed by atoms with E-state index in [1.807, 2.05) is 18.8 Å². The largest absolute Gasteiger partial charge is 0.352 e. The lowest BCUT2D eigenvalue weighted by Crippen LogP contribution is -2.28. The molecule has 0 saturated carbocycles. The van der Waals surface area contributed by atoms with Crippen molar-refractivity contribution in [3.05, 3.63) is 0 Å². The number of tetrazole rings is 1. The van der Waals surface area contributed by atoms with Gasteiger partial charge in [0.05, 0.1) is 0 Å². The predicted molar refractivity (Wildman–Crippen MR) is 57.4 cm³/mol. The first-order valence-corrected chi connectivity index (χ1v) is 5.78. The minimum Gasteiger partial charge on any atom is -0.352 e. The monoisotopic (exact) mass is 213 g/mol. The molecule has 0 aromatic carbocycles. The summed E-state index contributed by atoms with van der Waals surface area (Å²) in [6.45, 7) is 3.23. The van der Waals surface area contributed by atoms with Crippen molar-refractivity contribution < 1.29 is 0 Å². The summed E-state index contributed by atoms with van der Waals surface area (Å²) in [5.74, 6) is 2.02. The SMILES string of the molecule is Cn1nnnc1NCC1(C)CCCS1. The fourth-order valence-corrected chi connectivity index (χ4v) is 2.87. The van der Waals surface area contributed by atoms with E-state index in [2.05, 4.69) is 27.8 Å². The topological polar surface area (TPSA) is 55.6 Å². The molecule has 6 heteroatoms. The van der Waals surface area contributed by atoms with Gasteiger partial charge in [-0.2, -0.15) is 11.8 Å². The quantitative estimate of drug-likeness (QED) is 0.808. The second-order valence-corrected chi connectivity index (χ2v) is 5.56. The third-order valence-electron chi connectivity index (χ3n) is 2.54. The highest BCUT2D eigenvalue weighted by Crippen LogP contribution is 2.37. The lowest BCUT2D eigenvalue weighted by atomic mass is 10.1. The van der Waals surface area contributed by atoms with Crippen molar-refractivity contribution in [3.63, 3.8) is 0 Å². The summed E-state index contributed by atoms with van der Waals surface area (Å²) in [6.07, 6.45) is 2.59. The van der Waals surface area contributed by atoms with Gasteiger partial charge in [-0.05, 0) is 35.9 Å². The van der Waals surface area contributed by atoms with Crippen molar-refractivity contribution in [2.75, 3.05) is 17.6 Å². The lowest BCUT2D eigenvalue weighted by molar-refractivity contribution is 0.627. The molecule has 1 aromatic rings. The molecule has 1 fully saturated rings. The summed E-state index contributed by atoms with van der Waals surface area (Å²) in [6, 6.07) is 0. The maximum atomic E-state index is 3.89. The number of rotatable bonds is 3. The molecule has 0 bridgehead atoms. The Bertz CT molecular complexity index is 304. The Morgan fingerprint density at radius 2 is 2.50 bits per heavy atom. The van der Waals surface area contributed by atoms with Gasteiger partial charge in [0, 0.05) is 18.3 Å². The number of aryl methyl sites for hydroxylation is 1. The number of anilines is 1. The zero-order valence-electron chi connectivity index (χ0n) is 8.53. The van der Waals surface area contributed by atoms with Gasteiger partial charge in [0.25, 0.3) is 0 Å². The third-order valence-corrected chi connectivity index (χ3v) is 4.08. The first-order chi connectivity index (χ1) is 6.70. The zero-order chi connectivity index (χ0) is 10.0. The second kappa shape index (κ2) is 3.76. The first kappa shape index (κ1) is 9.76. The Kier molecular flexibility index (Phi) is 2.62. The van der Waals surface area contributed by atoms with Crippen LogP contribution in [0.15, 0.2) is 0 Å². The van der Waals surface area contributed by atoms with Gasteiger partial charge in [-0.25, -0.2) is 4.68 Å². The highest BCUT2D eigenvalue weighted by molar-refractivity contribution is 8.00. The van der Waals surface area contributed by atoms with Crippen LogP contribution in [-0.4, -0.2) is 37.3 Å². The van der Waals surface area contributed by atoms with Crippen LogP contribution in [0, 0.1) is 0 Å². The number of hydrogen-bond donors (Lipinski definition) is 1. The van der Waals surface area contributed by atoms with Crippen LogP contribution < -0.4 is 5.32 Å². The lowest BCUT2D eigenvalue weighted by Gasteiger charge is -2.22. The molecule has 0 spiro atoms. The van der Waals surface area contributed by atoms with Gasteiger partial charge in [0.15, 0.2) is 0 Å². The number of nitrogens with zero attached hydrogens (tertiary/aromatic N) is 4. The molecule has 1 aromatic heterocycles. The van der Waals surface area contributed by atoms with Gasteiger partial charge in [-0.15, -0.1) is 0 Å². The highest BCUT2D eigenvalue weighted by atomic mass is 32.2. The minimum atomic E-state index is 0.353. The maximum Gasteiger partial charge on any atom is 0.242 e. The zero-order valence-corrected chi connectivity index (χ0v) is 9.34. The van der Waals surface area contributed by atoms with Gasteiger partial charge in [-0.1, -0.05) is 5.10 Å². The van der Waals surface area contributed by atoms with Crippen LogP contribution >= 0.6 is 11.8 Å². The normalized spacial score (nSPS) is 26.7. The Balaban J connectivity index is 1.91. The van der Waals surface area contributed by atoms with E-state index in [0.717, 1.165) is 12.5 Å². The standard InChI is InChI=1S/C8H15N5S/c1-8(4-3-5-14-8)6-9-7-10-11-12-13(7)2/h3-6H2,1-2H3,(H,9,10,12). The number of thioether (sulfide) groups is 1. The molecule has 1 aliphatic heterocycles. The number of aromatic nitrogens is 4. The molecule has 1 atom stereocenters. The summed E-state index contributed by atoms with van der Waals surface area (Å²) in [5, 5.41) is 14.5. The van der Waals surface area contributed by atoms with Gasteiger partial charge < -0.3 is 5.32 Å². The van der Waals surface area contributed by atoms with Crippen molar-refractivity contribution >= 4 is 17.7 Å². The van der Waals surface area contributed by atoms with Gasteiger partial charge in [-0.3, -0.25) is 0 Å². The second-order valence-electron chi connectivity index (χ2n) is 3.88. The number of nitrogens with one attached hydrogen (secondary N) is 1. The Labute approximate surface area is 87.6 Å². The van der Waals surface area contributed by atoms with Crippen LogP contribution in [0.5, 0.6) is 0 Å². The molecule has 2 heterocycles.